The fourth-order valence-corrected chi connectivity index (χ4v) is 1.66. The van der Waals surface area contributed by atoms with Crippen molar-refractivity contribution >= 4 is 11.5 Å². The average Bonchev–Trinajstić information content (AvgIpc) is 2.37. The van der Waals surface area contributed by atoms with E-state index in [0.29, 0.717) is 22.5 Å². The van der Waals surface area contributed by atoms with Crippen LogP contribution in [0.15, 0.2) is 51.7 Å². The van der Waals surface area contributed by atoms with Gasteiger partial charge in [0.25, 0.3) is 0 Å². The van der Waals surface area contributed by atoms with E-state index >= 15 is 0 Å². The maximum Gasteiger partial charge on any atom is 0.190 e. The van der Waals surface area contributed by atoms with Crippen molar-refractivity contribution in [2.45, 2.75) is 20.8 Å². The molecule has 1 aromatic rings. The van der Waals surface area contributed by atoms with E-state index in [2.05, 4.69) is 10.2 Å². The minimum atomic E-state index is -0.00997. The van der Waals surface area contributed by atoms with Crippen LogP contribution in [0.3, 0.4) is 0 Å². The van der Waals surface area contributed by atoms with Gasteiger partial charge in [0.1, 0.15) is 0 Å². The van der Waals surface area contributed by atoms with Crippen molar-refractivity contribution in [2.24, 2.45) is 10.2 Å². The van der Waals surface area contributed by atoms with E-state index in [1.54, 1.807) is 45.0 Å². The molecule has 19 heavy (non-hydrogen) atoms. The standard InChI is InChI=1S/C14H15N3O2/c1-9-8-13(18)10(2)7-12(9)15-16-14-6-4-5-11(3)17(14)19/h4-8,19H,1-3H3/b15-12+,16-14-. The number of nitrogens with zero attached hydrogens (tertiary/aromatic N) is 3. The number of rotatable bonds is 1. The monoisotopic (exact) mass is 257 g/mol. The van der Waals surface area contributed by atoms with Crippen LogP contribution in [0.1, 0.15) is 19.5 Å². The molecule has 1 aliphatic rings. The number of ketones is 1. The molecule has 1 heterocycles. The molecule has 0 saturated heterocycles. The van der Waals surface area contributed by atoms with Gasteiger partial charge in [-0.25, -0.2) is 0 Å². The van der Waals surface area contributed by atoms with Gasteiger partial charge in [0.05, 0.1) is 11.4 Å². The number of carbonyl (C=O) groups excluding carboxylic acids is 1. The number of pyridine rings is 1. The predicted molar refractivity (Wildman–Crippen MR) is 71.9 cm³/mol. The number of aromatic nitrogens is 1. The molecule has 0 amide bonds. The molecule has 0 spiro atoms. The molecule has 1 aromatic heterocycles. The fourth-order valence-electron chi connectivity index (χ4n) is 1.66. The zero-order valence-corrected chi connectivity index (χ0v) is 11.1. The summed E-state index contributed by atoms with van der Waals surface area (Å²) in [5, 5.41) is 17.8. The lowest BCUT2D eigenvalue weighted by molar-refractivity contribution is -0.111. The van der Waals surface area contributed by atoms with Gasteiger partial charge in [-0.1, -0.05) is 6.07 Å². The van der Waals surface area contributed by atoms with Gasteiger partial charge < -0.3 is 5.21 Å². The molecule has 0 unspecified atom stereocenters. The van der Waals surface area contributed by atoms with Crippen molar-refractivity contribution in [2.75, 3.05) is 0 Å². The maximum atomic E-state index is 11.4. The number of allylic oxidation sites excluding steroid dienone is 4. The van der Waals surface area contributed by atoms with Crippen LogP contribution in [0.4, 0.5) is 0 Å². The summed E-state index contributed by atoms with van der Waals surface area (Å²) < 4.78 is 0.966. The minimum Gasteiger partial charge on any atom is -0.427 e. The molecule has 1 aliphatic carbocycles. The van der Waals surface area contributed by atoms with E-state index in [9.17, 15) is 10.0 Å². The first-order valence-electron chi connectivity index (χ1n) is 5.90. The summed E-state index contributed by atoms with van der Waals surface area (Å²) in [6, 6.07) is 5.20. The van der Waals surface area contributed by atoms with Crippen LogP contribution in [-0.4, -0.2) is 21.4 Å². The maximum absolute atomic E-state index is 11.4. The minimum absolute atomic E-state index is 0.00997. The Kier molecular flexibility index (Phi) is 3.46. The Hall–Kier alpha value is -2.43. The molecule has 0 atom stereocenters. The van der Waals surface area contributed by atoms with Crippen molar-refractivity contribution in [3.63, 3.8) is 0 Å². The number of aryl methyl sites for hydroxylation is 1. The molecule has 0 fully saturated rings. The van der Waals surface area contributed by atoms with E-state index in [1.807, 2.05) is 0 Å². The van der Waals surface area contributed by atoms with Gasteiger partial charge in [-0.2, -0.15) is 4.73 Å². The highest BCUT2D eigenvalue weighted by Crippen LogP contribution is 2.11. The van der Waals surface area contributed by atoms with Crippen LogP contribution < -0.4 is 5.49 Å². The highest BCUT2D eigenvalue weighted by molar-refractivity contribution is 6.21. The Morgan fingerprint density at radius 2 is 1.79 bits per heavy atom. The Labute approximate surface area is 110 Å². The lowest BCUT2D eigenvalue weighted by Crippen LogP contribution is -2.20. The quantitative estimate of drug-likeness (QED) is 0.473. The first-order chi connectivity index (χ1) is 8.99. The molecule has 5 nitrogen and oxygen atoms in total. The van der Waals surface area contributed by atoms with Crippen molar-refractivity contribution in [3.8, 4) is 0 Å². The first-order valence-corrected chi connectivity index (χ1v) is 5.90. The van der Waals surface area contributed by atoms with Gasteiger partial charge in [-0.15, -0.1) is 10.2 Å². The summed E-state index contributed by atoms with van der Waals surface area (Å²) in [6.07, 6.45) is 3.23. The summed E-state index contributed by atoms with van der Waals surface area (Å²) in [4.78, 5) is 11.4. The third-order valence-corrected chi connectivity index (χ3v) is 2.89. The number of hydrogen-bond acceptors (Lipinski definition) is 4. The largest absolute Gasteiger partial charge is 0.427 e. The fraction of sp³-hybridized carbons (Fsp3) is 0.214. The number of carbonyl (C=O) groups is 1. The van der Waals surface area contributed by atoms with Gasteiger partial charge in [0.15, 0.2) is 11.3 Å². The van der Waals surface area contributed by atoms with Gasteiger partial charge >= 0.3 is 0 Å². The summed E-state index contributed by atoms with van der Waals surface area (Å²) >= 11 is 0. The Morgan fingerprint density at radius 3 is 2.53 bits per heavy atom. The van der Waals surface area contributed by atoms with E-state index in [4.69, 9.17) is 0 Å². The second-order valence-electron chi connectivity index (χ2n) is 4.44. The number of hydrogen-bond donors (Lipinski definition) is 1. The Balaban J connectivity index is 2.46. The second-order valence-corrected chi connectivity index (χ2v) is 4.44. The molecule has 0 radical (unpaired) electrons. The summed E-state index contributed by atoms with van der Waals surface area (Å²) in [5.74, 6) is -0.00997. The van der Waals surface area contributed by atoms with E-state index in [-0.39, 0.29) is 5.78 Å². The molecule has 2 rings (SSSR count). The van der Waals surface area contributed by atoms with Crippen molar-refractivity contribution in [1.82, 2.24) is 4.73 Å². The third-order valence-electron chi connectivity index (χ3n) is 2.89. The van der Waals surface area contributed by atoms with Gasteiger partial charge in [0, 0.05) is 0 Å². The average molecular weight is 257 g/mol. The van der Waals surface area contributed by atoms with E-state index in [1.165, 1.54) is 6.08 Å². The lowest BCUT2D eigenvalue weighted by atomic mass is 9.99. The molecular formula is C14H15N3O2. The molecule has 5 heteroatoms. The first kappa shape index (κ1) is 13.0. The molecule has 0 aliphatic heterocycles. The van der Waals surface area contributed by atoms with Gasteiger partial charge in [-0.05, 0) is 56.2 Å². The summed E-state index contributed by atoms with van der Waals surface area (Å²) in [5.41, 5.74) is 3.01. The predicted octanol–water partition coefficient (Wildman–Crippen LogP) is 1.77. The van der Waals surface area contributed by atoms with Crippen LogP contribution in [0.25, 0.3) is 0 Å². The smallest absolute Gasteiger partial charge is 0.190 e. The summed E-state index contributed by atoms with van der Waals surface area (Å²) in [6.45, 7) is 5.30. The van der Waals surface area contributed by atoms with E-state index < -0.39 is 0 Å². The third kappa shape index (κ3) is 2.70. The van der Waals surface area contributed by atoms with Gasteiger partial charge in [0.2, 0.25) is 0 Å². The molecular weight excluding hydrogens is 242 g/mol. The molecule has 0 saturated carbocycles. The highest BCUT2D eigenvalue weighted by Gasteiger charge is 2.12. The van der Waals surface area contributed by atoms with E-state index in [0.717, 1.165) is 10.3 Å². The topological polar surface area (TPSA) is 66.9 Å². The normalized spacial score (nSPS) is 18.6. The highest BCUT2D eigenvalue weighted by atomic mass is 16.5. The Bertz CT molecular complexity index is 691. The molecule has 0 bridgehead atoms. The summed E-state index contributed by atoms with van der Waals surface area (Å²) in [7, 11) is 0. The SMILES string of the molecule is CC1=C/C(=N\N=c2\cccc(C)n2O)C(C)=CC1=O. The molecule has 1 N–H and O–H groups in total. The molecule has 0 aromatic carbocycles. The van der Waals surface area contributed by atoms with Crippen molar-refractivity contribution in [3.05, 3.63) is 52.7 Å². The zero-order valence-electron chi connectivity index (χ0n) is 11.1. The lowest BCUT2D eigenvalue weighted by Gasteiger charge is -2.07. The van der Waals surface area contributed by atoms with Crippen molar-refractivity contribution in [1.29, 1.82) is 0 Å². The van der Waals surface area contributed by atoms with Crippen LogP contribution >= 0.6 is 0 Å². The van der Waals surface area contributed by atoms with Crippen LogP contribution in [-0.2, 0) is 4.79 Å². The van der Waals surface area contributed by atoms with Crippen LogP contribution in [0.5, 0.6) is 0 Å². The van der Waals surface area contributed by atoms with Crippen molar-refractivity contribution < 1.29 is 10.0 Å². The Morgan fingerprint density at radius 1 is 1.05 bits per heavy atom. The van der Waals surface area contributed by atoms with Crippen LogP contribution in [0.2, 0.25) is 0 Å². The zero-order chi connectivity index (χ0) is 14.0. The van der Waals surface area contributed by atoms with Gasteiger partial charge in [-0.3, -0.25) is 4.79 Å². The second kappa shape index (κ2) is 5.06. The molecule has 98 valence electrons. The van der Waals surface area contributed by atoms with Crippen LogP contribution in [0, 0.1) is 6.92 Å².